The minimum Gasteiger partial charge on any atom is -0.393 e. The van der Waals surface area contributed by atoms with Crippen molar-refractivity contribution < 1.29 is 29.9 Å². The van der Waals surface area contributed by atoms with Crippen molar-refractivity contribution >= 4 is 28.7 Å². The summed E-state index contributed by atoms with van der Waals surface area (Å²) in [5, 5.41) is 15.5. The van der Waals surface area contributed by atoms with Crippen LogP contribution in [-0.4, -0.2) is 50.0 Å². The number of nitrogens with one attached hydrogen (secondary N) is 2. The van der Waals surface area contributed by atoms with Crippen LogP contribution in [0.4, 0.5) is 30.8 Å². The van der Waals surface area contributed by atoms with Crippen LogP contribution in [0.1, 0.15) is 44.9 Å². The van der Waals surface area contributed by atoms with Gasteiger partial charge in [-0.1, -0.05) is 0 Å². The molecule has 1 aliphatic heterocycles. The van der Waals surface area contributed by atoms with Crippen LogP contribution in [0.3, 0.4) is 0 Å². The Bertz CT molecular complexity index is 1320. The number of benzene rings is 1. The molecule has 11 heteroatoms. The van der Waals surface area contributed by atoms with E-state index in [4.69, 9.17) is 11.6 Å². The minimum atomic E-state index is -2.75. The molecule has 1 saturated carbocycles. The standard InChI is InChI=1S/C21H23F3N6O2/c22-11-7-15(23)18(16(24)8-11)28-21-27-17-9-25-20(26-12-1-3-14(31)4-2-12)29-19(17)30(21)13-5-6-32-10-13/h7-9,12-14,31H,1-6,10H2,(H,27,28)(H,25,26,29)/i1D,3D,4D2,14D. The molecule has 0 radical (unpaired) electrons. The normalized spacial score (nSPS) is 34.3. The van der Waals surface area contributed by atoms with Crippen LogP contribution in [0.2, 0.25) is 0 Å². The van der Waals surface area contributed by atoms with E-state index < -0.39 is 60.8 Å². The van der Waals surface area contributed by atoms with Crippen molar-refractivity contribution in [2.75, 3.05) is 23.8 Å². The van der Waals surface area contributed by atoms with E-state index in [1.807, 2.05) is 0 Å². The Balaban J connectivity index is 1.51. The summed E-state index contributed by atoms with van der Waals surface area (Å²) in [6.45, 7) is 0.694. The van der Waals surface area contributed by atoms with Gasteiger partial charge in [-0.25, -0.2) is 23.1 Å². The van der Waals surface area contributed by atoms with Crippen molar-refractivity contribution in [3.05, 3.63) is 35.8 Å². The van der Waals surface area contributed by atoms with Gasteiger partial charge in [0.1, 0.15) is 17.0 Å². The second kappa shape index (κ2) is 8.55. The number of halogens is 3. The first-order valence-electron chi connectivity index (χ1n) is 12.6. The Labute approximate surface area is 188 Å². The molecule has 0 bridgehead atoms. The van der Waals surface area contributed by atoms with Crippen LogP contribution in [0.15, 0.2) is 18.3 Å². The molecule has 0 spiro atoms. The summed E-state index contributed by atoms with van der Waals surface area (Å²) in [5.74, 6) is -3.39. The van der Waals surface area contributed by atoms with E-state index in [0.29, 0.717) is 25.2 Å². The van der Waals surface area contributed by atoms with E-state index in [2.05, 4.69) is 25.6 Å². The Kier molecular flexibility index (Phi) is 4.22. The van der Waals surface area contributed by atoms with Gasteiger partial charge in [0.15, 0.2) is 17.3 Å². The zero-order valence-corrected chi connectivity index (χ0v) is 16.6. The van der Waals surface area contributed by atoms with Crippen LogP contribution in [0, 0.1) is 17.5 Å². The van der Waals surface area contributed by atoms with Crippen LogP contribution < -0.4 is 10.6 Å². The second-order valence-corrected chi connectivity index (χ2v) is 7.47. The summed E-state index contributed by atoms with van der Waals surface area (Å²) in [6.07, 6.45) is -6.91. The Morgan fingerprint density at radius 2 is 2.00 bits per heavy atom. The molecular weight excluding hydrogens is 425 g/mol. The third kappa shape index (κ3) is 4.09. The molecule has 170 valence electrons. The Hall–Kier alpha value is -2.92. The molecule has 1 aliphatic carbocycles. The molecule has 0 amide bonds. The van der Waals surface area contributed by atoms with E-state index >= 15 is 0 Å². The van der Waals surface area contributed by atoms with Crippen molar-refractivity contribution in [3.63, 3.8) is 0 Å². The lowest BCUT2D eigenvalue weighted by molar-refractivity contribution is 0.126. The number of nitrogens with zero attached hydrogens (tertiary/aromatic N) is 4. The van der Waals surface area contributed by atoms with Gasteiger partial charge in [-0.2, -0.15) is 4.98 Å². The van der Waals surface area contributed by atoms with Gasteiger partial charge in [0.25, 0.3) is 0 Å². The third-order valence-corrected chi connectivity index (χ3v) is 5.25. The van der Waals surface area contributed by atoms with Crippen molar-refractivity contribution in [3.8, 4) is 0 Å². The number of aliphatic hydroxyl groups is 1. The number of aromatic nitrogens is 4. The van der Waals surface area contributed by atoms with E-state index in [0.717, 1.165) is 0 Å². The molecule has 2 fully saturated rings. The molecular formula is C21H23F3N6O2. The van der Waals surface area contributed by atoms with Crippen molar-refractivity contribution in [2.45, 2.75) is 50.2 Å². The molecule has 32 heavy (non-hydrogen) atoms. The fourth-order valence-electron chi connectivity index (χ4n) is 3.71. The lowest BCUT2D eigenvalue weighted by Gasteiger charge is -2.26. The van der Waals surface area contributed by atoms with Crippen LogP contribution in [0.5, 0.6) is 0 Å². The number of anilines is 3. The van der Waals surface area contributed by atoms with Gasteiger partial charge in [0, 0.05) is 30.3 Å². The summed E-state index contributed by atoms with van der Waals surface area (Å²) in [4.78, 5) is 12.9. The maximum atomic E-state index is 14.3. The second-order valence-electron chi connectivity index (χ2n) is 7.47. The van der Waals surface area contributed by atoms with Gasteiger partial charge >= 0.3 is 0 Å². The Morgan fingerprint density at radius 3 is 2.75 bits per heavy atom. The highest BCUT2D eigenvalue weighted by atomic mass is 19.1. The van der Waals surface area contributed by atoms with E-state index in [9.17, 15) is 18.3 Å². The van der Waals surface area contributed by atoms with Crippen LogP contribution >= 0.6 is 0 Å². The van der Waals surface area contributed by atoms with Crippen LogP contribution in [0.25, 0.3) is 11.2 Å². The largest absolute Gasteiger partial charge is 0.393 e. The number of hydrogen-bond acceptors (Lipinski definition) is 7. The van der Waals surface area contributed by atoms with Crippen LogP contribution in [-0.2, 0) is 4.74 Å². The molecule has 5 rings (SSSR count). The zero-order chi connectivity index (χ0) is 26.7. The Morgan fingerprint density at radius 1 is 1.19 bits per heavy atom. The van der Waals surface area contributed by atoms with Gasteiger partial charge in [-0.3, -0.25) is 4.57 Å². The predicted octanol–water partition coefficient (Wildman–Crippen LogP) is 3.66. The van der Waals surface area contributed by atoms with Gasteiger partial charge in [0.05, 0.1) is 26.3 Å². The first-order valence-corrected chi connectivity index (χ1v) is 9.97. The minimum absolute atomic E-state index is 0.0132. The average molecular weight is 453 g/mol. The highest BCUT2D eigenvalue weighted by Gasteiger charge is 2.27. The number of hydrogen-bond donors (Lipinski definition) is 3. The maximum absolute atomic E-state index is 14.3. The van der Waals surface area contributed by atoms with Gasteiger partial charge in [-0.05, 0) is 32.0 Å². The summed E-state index contributed by atoms with van der Waals surface area (Å²) < 4.78 is 89.2. The van der Waals surface area contributed by atoms with Gasteiger partial charge < -0.3 is 20.5 Å². The highest BCUT2D eigenvalue weighted by molar-refractivity contribution is 5.76. The molecule has 2 aliphatic rings. The summed E-state index contributed by atoms with van der Waals surface area (Å²) in [7, 11) is 0. The van der Waals surface area contributed by atoms with E-state index in [1.54, 1.807) is 4.57 Å². The fourth-order valence-corrected chi connectivity index (χ4v) is 3.71. The average Bonchev–Trinajstić information content (AvgIpc) is 3.46. The fraction of sp³-hybridized carbons (Fsp3) is 0.476. The smallest absolute Gasteiger partial charge is 0.224 e. The lowest BCUT2D eigenvalue weighted by atomic mass is 9.93. The van der Waals surface area contributed by atoms with Gasteiger partial charge in [0.2, 0.25) is 11.9 Å². The zero-order valence-electron chi connectivity index (χ0n) is 21.6. The highest BCUT2D eigenvalue weighted by Crippen LogP contribution is 2.32. The predicted molar refractivity (Wildman–Crippen MR) is 111 cm³/mol. The van der Waals surface area contributed by atoms with Gasteiger partial charge in [-0.15, -0.1) is 0 Å². The SMILES string of the molecule is [2H]C1C(Nc2ncc3nc(Nc4c(F)cc(F)cc4F)n(C4CCOC4)c3n2)CC([2H])([2H])C([2H])(O)C1[2H]. The summed E-state index contributed by atoms with van der Waals surface area (Å²) in [5.41, 5.74) is -0.101. The van der Waals surface area contributed by atoms with E-state index in [-0.39, 0.29) is 35.7 Å². The topological polar surface area (TPSA) is 97.1 Å². The molecule has 5 unspecified atom stereocenters. The monoisotopic (exact) mass is 453 g/mol. The molecule has 2 aromatic heterocycles. The number of rotatable bonds is 5. The molecule has 3 aromatic rings. The van der Waals surface area contributed by atoms with E-state index in [1.165, 1.54) is 6.20 Å². The third-order valence-electron chi connectivity index (χ3n) is 5.25. The molecule has 8 nitrogen and oxygen atoms in total. The molecule has 1 aromatic carbocycles. The first-order chi connectivity index (χ1) is 17.4. The maximum Gasteiger partial charge on any atom is 0.224 e. The quantitative estimate of drug-likeness (QED) is 0.542. The van der Waals surface area contributed by atoms with Crippen molar-refractivity contribution in [1.82, 2.24) is 19.5 Å². The summed E-state index contributed by atoms with van der Waals surface area (Å²) >= 11 is 0. The molecule has 3 N–H and O–H groups in total. The number of ether oxygens (including phenoxy) is 1. The summed E-state index contributed by atoms with van der Waals surface area (Å²) in [6, 6.07) is -0.232. The molecule has 5 atom stereocenters. The molecule has 1 saturated heterocycles. The van der Waals surface area contributed by atoms with Crippen molar-refractivity contribution in [2.24, 2.45) is 0 Å². The lowest BCUT2D eigenvalue weighted by Crippen LogP contribution is -2.29. The van der Waals surface area contributed by atoms with Crippen molar-refractivity contribution in [1.29, 1.82) is 0 Å². The number of fused-ring (bicyclic) bond motifs is 1. The molecule has 3 heterocycles. The first kappa shape index (κ1) is 15.8. The number of imidazole rings is 1.